The van der Waals surface area contributed by atoms with Crippen LogP contribution in [0.15, 0.2) is 12.3 Å². The van der Waals surface area contributed by atoms with Gasteiger partial charge in [0.05, 0.1) is 5.69 Å². The summed E-state index contributed by atoms with van der Waals surface area (Å²) < 4.78 is 2.06. The van der Waals surface area contributed by atoms with Crippen LogP contribution in [0.25, 0.3) is 0 Å². The van der Waals surface area contributed by atoms with E-state index in [4.69, 9.17) is 0 Å². The Kier molecular flexibility index (Phi) is 6.52. The number of rotatable bonds is 8. The van der Waals surface area contributed by atoms with E-state index in [0.29, 0.717) is 18.0 Å². The minimum atomic E-state index is 0.483. The third kappa shape index (κ3) is 5.33. The average Bonchev–Trinajstić information content (AvgIpc) is 2.81. The molecule has 0 saturated heterocycles. The Morgan fingerprint density at radius 1 is 1.32 bits per heavy atom. The molecule has 0 saturated carbocycles. The topological polar surface area (TPSA) is 33.1 Å². The second-order valence-corrected chi connectivity index (χ2v) is 6.04. The van der Waals surface area contributed by atoms with Gasteiger partial charge in [-0.2, -0.15) is 5.10 Å². The first-order valence-electron chi connectivity index (χ1n) is 7.36. The Morgan fingerprint density at radius 2 is 2.00 bits per heavy atom. The maximum absolute atomic E-state index is 4.63. The molecule has 0 fully saturated rings. The summed E-state index contributed by atoms with van der Waals surface area (Å²) in [5.41, 5.74) is 1.13. The summed E-state index contributed by atoms with van der Waals surface area (Å²) in [6.07, 6.45) is 3.20. The molecule has 0 amide bonds. The summed E-state index contributed by atoms with van der Waals surface area (Å²) in [6.45, 7) is 10.8. The molecule has 1 heterocycles. The van der Waals surface area contributed by atoms with Gasteiger partial charge in [0.2, 0.25) is 0 Å². The van der Waals surface area contributed by atoms with Crippen LogP contribution in [-0.2, 0) is 6.54 Å². The monoisotopic (exact) mass is 266 g/mol. The zero-order valence-corrected chi connectivity index (χ0v) is 13.3. The van der Waals surface area contributed by atoms with Crippen LogP contribution in [-0.4, -0.2) is 41.4 Å². The van der Waals surface area contributed by atoms with Crippen molar-refractivity contribution in [3.05, 3.63) is 18.0 Å². The van der Waals surface area contributed by atoms with Crippen LogP contribution >= 0.6 is 0 Å². The Balaban J connectivity index is 2.52. The molecule has 0 aromatic carbocycles. The fourth-order valence-electron chi connectivity index (χ4n) is 2.04. The van der Waals surface area contributed by atoms with Crippen molar-refractivity contribution < 1.29 is 0 Å². The maximum Gasteiger partial charge on any atom is 0.0762 e. The molecule has 110 valence electrons. The number of aromatic nitrogens is 2. The van der Waals surface area contributed by atoms with Gasteiger partial charge in [0.25, 0.3) is 0 Å². The molecule has 1 N–H and O–H groups in total. The summed E-state index contributed by atoms with van der Waals surface area (Å²) in [6, 6.07) is 3.10. The van der Waals surface area contributed by atoms with Gasteiger partial charge in [-0.25, -0.2) is 0 Å². The molecule has 19 heavy (non-hydrogen) atoms. The van der Waals surface area contributed by atoms with Gasteiger partial charge >= 0.3 is 0 Å². The van der Waals surface area contributed by atoms with Crippen LogP contribution in [0, 0.1) is 5.92 Å². The lowest BCUT2D eigenvalue weighted by Gasteiger charge is -2.25. The summed E-state index contributed by atoms with van der Waals surface area (Å²) >= 11 is 0. The van der Waals surface area contributed by atoms with Crippen molar-refractivity contribution in [3.8, 4) is 0 Å². The normalized spacial score (nSPS) is 15.2. The van der Waals surface area contributed by atoms with E-state index >= 15 is 0 Å². The van der Waals surface area contributed by atoms with E-state index < -0.39 is 0 Å². The largest absolute Gasteiger partial charge is 0.308 e. The van der Waals surface area contributed by atoms with Gasteiger partial charge < -0.3 is 10.2 Å². The molecular formula is C15H30N4. The van der Waals surface area contributed by atoms with Gasteiger partial charge in [-0.1, -0.05) is 20.8 Å². The highest BCUT2D eigenvalue weighted by atomic mass is 15.3. The third-order valence-electron chi connectivity index (χ3n) is 3.62. The van der Waals surface area contributed by atoms with Crippen LogP contribution in [0.1, 0.15) is 45.9 Å². The molecule has 1 rings (SSSR count). The molecule has 1 aromatic heterocycles. The summed E-state index contributed by atoms with van der Waals surface area (Å²) in [7, 11) is 4.24. The molecular weight excluding hydrogens is 236 g/mol. The van der Waals surface area contributed by atoms with E-state index in [1.165, 1.54) is 0 Å². The van der Waals surface area contributed by atoms with Crippen molar-refractivity contribution in [1.29, 1.82) is 0 Å². The van der Waals surface area contributed by atoms with Gasteiger partial charge in [0.15, 0.2) is 0 Å². The van der Waals surface area contributed by atoms with Gasteiger partial charge in [0.1, 0.15) is 0 Å². The minimum absolute atomic E-state index is 0.483. The number of nitrogens with one attached hydrogen (secondary N) is 1. The smallest absolute Gasteiger partial charge is 0.0762 e. The number of hydrogen-bond donors (Lipinski definition) is 1. The van der Waals surface area contributed by atoms with E-state index in [-0.39, 0.29) is 0 Å². The number of nitrogens with zero attached hydrogens (tertiary/aromatic N) is 3. The van der Waals surface area contributed by atoms with Crippen LogP contribution in [0.4, 0.5) is 0 Å². The SMILES string of the molecule is CCC(C)n1ccc(CNC(CN(C)C)C(C)C)n1. The van der Waals surface area contributed by atoms with Crippen molar-refractivity contribution >= 4 is 0 Å². The van der Waals surface area contributed by atoms with E-state index in [1.54, 1.807) is 0 Å². The van der Waals surface area contributed by atoms with Crippen molar-refractivity contribution in [3.63, 3.8) is 0 Å². The van der Waals surface area contributed by atoms with Crippen molar-refractivity contribution in [1.82, 2.24) is 20.0 Å². The van der Waals surface area contributed by atoms with Crippen LogP contribution in [0.5, 0.6) is 0 Å². The molecule has 0 aliphatic carbocycles. The van der Waals surface area contributed by atoms with Crippen LogP contribution in [0.2, 0.25) is 0 Å². The maximum atomic E-state index is 4.63. The molecule has 2 atom stereocenters. The molecule has 4 heteroatoms. The number of hydrogen-bond acceptors (Lipinski definition) is 3. The Hall–Kier alpha value is -0.870. The van der Waals surface area contributed by atoms with E-state index in [1.807, 2.05) is 0 Å². The van der Waals surface area contributed by atoms with E-state index in [2.05, 4.69) is 74.1 Å². The molecule has 0 spiro atoms. The Bertz CT molecular complexity index is 357. The zero-order chi connectivity index (χ0) is 14.4. The highest BCUT2D eigenvalue weighted by Gasteiger charge is 2.14. The summed E-state index contributed by atoms with van der Waals surface area (Å²) in [5.74, 6) is 0.624. The average molecular weight is 266 g/mol. The summed E-state index contributed by atoms with van der Waals surface area (Å²) in [4.78, 5) is 2.23. The molecule has 0 bridgehead atoms. The standard InChI is InChI=1S/C15H30N4/c1-7-13(4)19-9-8-14(17-19)10-16-15(12(2)3)11-18(5)6/h8-9,12-13,15-16H,7,10-11H2,1-6H3. The van der Waals surface area contributed by atoms with Crippen molar-refractivity contribution in [2.45, 2.75) is 52.7 Å². The third-order valence-corrected chi connectivity index (χ3v) is 3.62. The first-order chi connectivity index (χ1) is 8.93. The lowest BCUT2D eigenvalue weighted by molar-refractivity contribution is 0.287. The molecule has 4 nitrogen and oxygen atoms in total. The first-order valence-corrected chi connectivity index (χ1v) is 7.36. The van der Waals surface area contributed by atoms with Gasteiger partial charge in [-0.15, -0.1) is 0 Å². The van der Waals surface area contributed by atoms with Gasteiger partial charge in [-0.05, 0) is 39.4 Å². The van der Waals surface area contributed by atoms with Crippen molar-refractivity contribution in [2.24, 2.45) is 5.92 Å². The Labute approximate surface area is 118 Å². The fourth-order valence-corrected chi connectivity index (χ4v) is 2.04. The van der Waals surface area contributed by atoms with Crippen molar-refractivity contribution in [2.75, 3.05) is 20.6 Å². The Morgan fingerprint density at radius 3 is 2.53 bits per heavy atom. The zero-order valence-electron chi connectivity index (χ0n) is 13.3. The van der Waals surface area contributed by atoms with E-state index in [0.717, 1.165) is 25.2 Å². The highest BCUT2D eigenvalue weighted by molar-refractivity contribution is 4.99. The predicted octanol–water partition coefficient (Wildman–Crippen LogP) is 2.53. The molecule has 0 aliphatic rings. The molecule has 2 unspecified atom stereocenters. The molecule has 0 aliphatic heterocycles. The van der Waals surface area contributed by atoms with Crippen LogP contribution in [0.3, 0.4) is 0 Å². The highest BCUT2D eigenvalue weighted by Crippen LogP contribution is 2.10. The quantitative estimate of drug-likeness (QED) is 0.785. The lowest BCUT2D eigenvalue weighted by atomic mass is 10.0. The second kappa shape index (κ2) is 7.65. The first kappa shape index (κ1) is 16.2. The lowest BCUT2D eigenvalue weighted by Crippen LogP contribution is -2.41. The summed E-state index contributed by atoms with van der Waals surface area (Å²) in [5, 5.41) is 8.25. The van der Waals surface area contributed by atoms with Gasteiger partial charge in [0, 0.05) is 31.4 Å². The second-order valence-electron chi connectivity index (χ2n) is 6.04. The van der Waals surface area contributed by atoms with Gasteiger partial charge in [-0.3, -0.25) is 4.68 Å². The minimum Gasteiger partial charge on any atom is -0.308 e. The van der Waals surface area contributed by atoms with Crippen LogP contribution < -0.4 is 5.32 Å². The number of likely N-dealkylation sites (N-methyl/N-ethyl adjacent to an activating group) is 1. The van der Waals surface area contributed by atoms with E-state index in [9.17, 15) is 0 Å². The molecule has 1 aromatic rings. The molecule has 0 radical (unpaired) electrons. The predicted molar refractivity (Wildman–Crippen MR) is 81.2 cm³/mol. The fraction of sp³-hybridized carbons (Fsp3) is 0.800.